The lowest BCUT2D eigenvalue weighted by molar-refractivity contribution is 0.0906. The molecule has 1 saturated carbocycles. The van der Waals surface area contributed by atoms with E-state index < -0.39 is 0 Å². The van der Waals surface area contributed by atoms with E-state index in [0.717, 1.165) is 22.6 Å². The van der Waals surface area contributed by atoms with Gasteiger partial charge < -0.3 is 15.8 Å². The van der Waals surface area contributed by atoms with Gasteiger partial charge in [0.2, 0.25) is 0 Å². The van der Waals surface area contributed by atoms with E-state index in [2.05, 4.69) is 21.2 Å². The van der Waals surface area contributed by atoms with E-state index in [1.807, 2.05) is 6.92 Å². The lowest BCUT2D eigenvalue weighted by Crippen LogP contribution is -2.28. The summed E-state index contributed by atoms with van der Waals surface area (Å²) in [6.07, 6.45) is 2.56. The molecule has 3 N–H and O–H groups in total. The van der Waals surface area contributed by atoms with E-state index in [9.17, 15) is 4.79 Å². The van der Waals surface area contributed by atoms with E-state index >= 15 is 0 Å². The van der Waals surface area contributed by atoms with Gasteiger partial charge in [0.05, 0.1) is 6.61 Å². The summed E-state index contributed by atoms with van der Waals surface area (Å²) in [6.45, 7) is 3.75. The molecule has 1 fully saturated rings. The van der Waals surface area contributed by atoms with Crippen LogP contribution < -0.4 is 11.1 Å². The number of carbonyl (C=O) groups excluding carboxylic acids is 1. The van der Waals surface area contributed by atoms with Crippen LogP contribution in [-0.2, 0) is 4.74 Å². The quantitative estimate of drug-likeness (QED) is 0.623. The topological polar surface area (TPSA) is 64.4 Å². The third kappa shape index (κ3) is 4.21. The predicted octanol–water partition coefficient (Wildman–Crippen LogP) is 2.50. The van der Waals surface area contributed by atoms with Crippen LogP contribution in [0.4, 0.5) is 5.69 Å². The fraction of sp³-hybridized carbons (Fsp3) is 0.500. The van der Waals surface area contributed by atoms with Crippen molar-refractivity contribution in [3.8, 4) is 0 Å². The minimum atomic E-state index is -0.111. The first-order valence-electron chi connectivity index (χ1n) is 6.49. The predicted molar refractivity (Wildman–Crippen MR) is 79.2 cm³/mol. The van der Waals surface area contributed by atoms with Crippen molar-refractivity contribution in [1.29, 1.82) is 0 Å². The van der Waals surface area contributed by atoms with Crippen LogP contribution in [0.15, 0.2) is 16.6 Å². The van der Waals surface area contributed by atoms with Gasteiger partial charge in [-0.2, -0.15) is 0 Å². The van der Waals surface area contributed by atoms with Crippen molar-refractivity contribution in [2.45, 2.75) is 19.8 Å². The first kappa shape index (κ1) is 14.3. The van der Waals surface area contributed by atoms with Gasteiger partial charge >= 0.3 is 0 Å². The monoisotopic (exact) mass is 326 g/mol. The van der Waals surface area contributed by atoms with Crippen molar-refractivity contribution in [3.63, 3.8) is 0 Å². The van der Waals surface area contributed by atoms with Gasteiger partial charge in [0.25, 0.3) is 5.91 Å². The fourth-order valence-corrected chi connectivity index (χ4v) is 2.28. The Morgan fingerprint density at radius 2 is 2.26 bits per heavy atom. The number of nitrogens with two attached hydrogens (primary N) is 1. The number of benzene rings is 1. The molecule has 1 aliphatic rings. The van der Waals surface area contributed by atoms with Crippen molar-refractivity contribution < 1.29 is 9.53 Å². The highest BCUT2D eigenvalue weighted by molar-refractivity contribution is 9.10. The third-order valence-electron chi connectivity index (χ3n) is 3.24. The molecule has 104 valence electrons. The van der Waals surface area contributed by atoms with Crippen LogP contribution in [0.3, 0.4) is 0 Å². The number of hydrogen-bond acceptors (Lipinski definition) is 3. The summed E-state index contributed by atoms with van der Waals surface area (Å²) in [5.41, 5.74) is 7.87. The summed E-state index contributed by atoms with van der Waals surface area (Å²) < 4.78 is 6.28. The minimum absolute atomic E-state index is 0.111. The number of anilines is 1. The SMILES string of the molecule is Cc1c(N)cc(Br)cc1C(=O)NCCOCC1CC1. The van der Waals surface area contributed by atoms with Crippen molar-refractivity contribution in [1.82, 2.24) is 5.32 Å². The molecular formula is C14H19BrN2O2. The Hall–Kier alpha value is -1.07. The average molecular weight is 327 g/mol. The highest BCUT2D eigenvalue weighted by Gasteiger charge is 2.21. The molecule has 0 aromatic heterocycles. The molecule has 19 heavy (non-hydrogen) atoms. The molecule has 0 unspecified atom stereocenters. The summed E-state index contributed by atoms with van der Waals surface area (Å²) in [5, 5.41) is 2.85. The van der Waals surface area contributed by atoms with Crippen molar-refractivity contribution >= 4 is 27.5 Å². The van der Waals surface area contributed by atoms with Gasteiger partial charge in [-0.25, -0.2) is 0 Å². The number of halogens is 1. The number of rotatable bonds is 6. The normalized spacial score (nSPS) is 14.4. The molecule has 1 aromatic rings. The molecule has 0 saturated heterocycles. The van der Waals surface area contributed by atoms with E-state index in [0.29, 0.717) is 24.4 Å². The molecule has 2 rings (SSSR count). The Kier molecular flexibility index (Phi) is 4.82. The Balaban J connectivity index is 1.81. The van der Waals surface area contributed by atoms with Crippen LogP contribution in [0.2, 0.25) is 0 Å². The number of nitrogen functional groups attached to an aromatic ring is 1. The molecule has 1 aromatic carbocycles. The van der Waals surface area contributed by atoms with Gasteiger partial charge in [0, 0.05) is 28.9 Å². The smallest absolute Gasteiger partial charge is 0.251 e. The summed E-state index contributed by atoms with van der Waals surface area (Å²) in [4.78, 5) is 12.0. The molecule has 0 aliphatic heterocycles. The second-order valence-corrected chi connectivity index (χ2v) is 5.86. The summed E-state index contributed by atoms with van der Waals surface area (Å²) in [7, 11) is 0. The Bertz CT molecular complexity index is 473. The Labute approximate surface area is 121 Å². The van der Waals surface area contributed by atoms with Crippen LogP contribution in [0.5, 0.6) is 0 Å². The minimum Gasteiger partial charge on any atom is -0.398 e. The summed E-state index contributed by atoms with van der Waals surface area (Å²) in [6, 6.07) is 3.58. The zero-order valence-electron chi connectivity index (χ0n) is 11.0. The third-order valence-corrected chi connectivity index (χ3v) is 3.70. The molecule has 1 amide bonds. The van der Waals surface area contributed by atoms with Gasteiger partial charge in [-0.1, -0.05) is 15.9 Å². The van der Waals surface area contributed by atoms with Gasteiger partial charge in [0.1, 0.15) is 0 Å². The van der Waals surface area contributed by atoms with E-state index in [1.54, 1.807) is 12.1 Å². The van der Waals surface area contributed by atoms with E-state index in [4.69, 9.17) is 10.5 Å². The number of carbonyl (C=O) groups is 1. The number of amides is 1. The Morgan fingerprint density at radius 3 is 2.95 bits per heavy atom. The van der Waals surface area contributed by atoms with Crippen LogP contribution in [0, 0.1) is 12.8 Å². The lowest BCUT2D eigenvalue weighted by Gasteiger charge is -2.10. The van der Waals surface area contributed by atoms with Gasteiger partial charge in [0.15, 0.2) is 0 Å². The van der Waals surface area contributed by atoms with Crippen molar-refractivity contribution in [2.75, 3.05) is 25.5 Å². The standard InChI is InChI=1S/C14H19BrN2O2/c1-9-12(6-11(15)7-13(9)16)14(18)17-4-5-19-8-10-2-3-10/h6-7,10H,2-5,8,16H2,1H3,(H,17,18). The van der Waals surface area contributed by atoms with E-state index in [1.165, 1.54) is 12.8 Å². The molecule has 0 atom stereocenters. The van der Waals surface area contributed by atoms with Crippen LogP contribution in [-0.4, -0.2) is 25.7 Å². The first-order chi connectivity index (χ1) is 9.08. The molecule has 0 heterocycles. The molecule has 5 heteroatoms. The molecule has 4 nitrogen and oxygen atoms in total. The van der Waals surface area contributed by atoms with Crippen LogP contribution >= 0.6 is 15.9 Å². The molecule has 0 bridgehead atoms. The molecule has 0 spiro atoms. The number of hydrogen-bond donors (Lipinski definition) is 2. The van der Waals surface area contributed by atoms with Gasteiger partial charge in [-0.3, -0.25) is 4.79 Å². The average Bonchev–Trinajstić information content (AvgIpc) is 3.17. The number of nitrogens with one attached hydrogen (secondary N) is 1. The van der Waals surface area contributed by atoms with Crippen LogP contribution in [0.25, 0.3) is 0 Å². The number of ether oxygens (including phenoxy) is 1. The van der Waals surface area contributed by atoms with Crippen molar-refractivity contribution in [2.24, 2.45) is 5.92 Å². The van der Waals surface area contributed by atoms with Crippen molar-refractivity contribution in [3.05, 3.63) is 27.7 Å². The molecule has 0 radical (unpaired) electrons. The zero-order valence-corrected chi connectivity index (χ0v) is 12.6. The second kappa shape index (κ2) is 6.39. The maximum atomic E-state index is 12.0. The van der Waals surface area contributed by atoms with Gasteiger partial charge in [-0.05, 0) is 43.4 Å². The highest BCUT2D eigenvalue weighted by Crippen LogP contribution is 2.28. The fourth-order valence-electron chi connectivity index (χ4n) is 1.80. The van der Waals surface area contributed by atoms with Crippen LogP contribution in [0.1, 0.15) is 28.8 Å². The summed E-state index contributed by atoms with van der Waals surface area (Å²) >= 11 is 3.35. The van der Waals surface area contributed by atoms with E-state index in [-0.39, 0.29) is 5.91 Å². The second-order valence-electron chi connectivity index (χ2n) is 4.94. The lowest BCUT2D eigenvalue weighted by atomic mass is 10.1. The van der Waals surface area contributed by atoms with Gasteiger partial charge in [-0.15, -0.1) is 0 Å². The molecular weight excluding hydrogens is 308 g/mol. The summed E-state index contributed by atoms with van der Waals surface area (Å²) in [5.74, 6) is 0.642. The maximum Gasteiger partial charge on any atom is 0.251 e. The molecule has 1 aliphatic carbocycles. The maximum absolute atomic E-state index is 12.0. The first-order valence-corrected chi connectivity index (χ1v) is 7.29. The highest BCUT2D eigenvalue weighted by atomic mass is 79.9. The largest absolute Gasteiger partial charge is 0.398 e. The zero-order chi connectivity index (χ0) is 13.8. The Morgan fingerprint density at radius 1 is 1.53 bits per heavy atom.